The van der Waals surface area contributed by atoms with Crippen LogP contribution in [0.1, 0.15) is 30.9 Å². The first-order valence-electron chi connectivity index (χ1n) is 6.61. The van der Waals surface area contributed by atoms with Crippen LogP contribution in [0, 0.1) is 11.3 Å². The molecule has 1 heterocycles. The zero-order chi connectivity index (χ0) is 15.2. The largest absolute Gasteiger partial charge is 0.439 e. The Morgan fingerprint density at radius 2 is 2.00 bits per heavy atom. The summed E-state index contributed by atoms with van der Waals surface area (Å²) >= 11 is 0. The lowest BCUT2D eigenvalue weighted by atomic mass is 10.1. The number of benzene rings is 1. The molecule has 6 nitrogen and oxygen atoms in total. The van der Waals surface area contributed by atoms with Crippen molar-refractivity contribution in [3.05, 3.63) is 41.7 Å². The number of hydrazine groups is 1. The van der Waals surface area contributed by atoms with E-state index in [0.29, 0.717) is 23.9 Å². The van der Waals surface area contributed by atoms with Gasteiger partial charge in [-0.05, 0) is 23.6 Å². The molecule has 1 aromatic heterocycles. The third-order valence-electron chi connectivity index (χ3n) is 2.98. The normalized spacial score (nSPS) is 10.2. The first kappa shape index (κ1) is 14.8. The number of ether oxygens (including phenoxy) is 1. The molecule has 0 aliphatic heterocycles. The van der Waals surface area contributed by atoms with Gasteiger partial charge in [0.1, 0.15) is 12.1 Å². The average Bonchev–Trinajstić information content (AvgIpc) is 2.49. The zero-order valence-corrected chi connectivity index (χ0v) is 12.0. The number of nitriles is 1. The van der Waals surface area contributed by atoms with Crippen molar-refractivity contribution in [3.8, 4) is 17.7 Å². The van der Waals surface area contributed by atoms with Crippen molar-refractivity contribution < 1.29 is 4.74 Å². The second-order valence-electron chi connectivity index (χ2n) is 4.82. The van der Waals surface area contributed by atoms with Gasteiger partial charge in [0.2, 0.25) is 5.88 Å². The number of anilines is 1. The monoisotopic (exact) mass is 283 g/mol. The Kier molecular flexibility index (Phi) is 4.69. The molecule has 1 aromatic carbocycles. The maximum absolute atomic E-state index is 8.66. The first-order valence-corrected chi connectivity index (χ1v) is 6.61. The Bertz CT molecular complexity index is 646. The van der Waals surface area contributed by atoms with Gasteiger partial charge < -0.3 is 10.2 Å². The molecule has 21 heavy (non-hydrogen) atoms. The van der Waals surface area contributed by atoms with E-state index in [1.807, 2.05) is 38.1 Å². The molecule has 0 radical (unpaired) electrons. The number of hydrogen-bond acceptors (Lipinski definition) is 6. The van der Waals surface area contributed by atoms with Gasteiger partial charge in [-0.15, -0.1) is 0 Å². The topological polar surface area (TPSA) is 96.8 Å². The molecule has 0 atom stereocenters. The molecule has 3 N–H and O–H groups in total. The van der Waals surface area contributed by atoms with Crippen molar-refractivity contribution in [2.24, 2.45) is 5.84 Å². The highest BCUT2D eigenvalue weighted by molar-refractivity contribution is 5.50. The summed E-state index contributed by atoms with van der Waals surface area (Å²) in [5.74, 6) is 7.31. The van der Waals surface area contributed by atoms with E-state index in [0.717, 1.165) is 11.1 Å². The van der Waals surface area contributed by atoms with Gasteiger partial charge in [0.25, 0.3) is 0 Å². The van der Waals surface area contributed by atoms with Gasteiger partial charge in [0.15, 0.2) is 5.82 Å². The second-order valence-corrected chi connectivity index (χ2v) is 4.82. The standard InChI is InChI=1S/C15H17N5O/c1-10(2)13-14(20-17)18-9-19-15(13)21-12-5-3-11(4-6-12)7-8-16/h3-6,9-10H,7,17H2,1-2H3,(H,18,19,20). The number of hydrogen-bond donors (Lipinski definition) is 2. The number of nitrogens with zero attached hydrogens (tertiary/aromatic N) is 3. The van der Waals surface area contributed by atoms with Crippen molar-refractivity contribution in [1.29, 1.82) is 5.26 Å². The van der Waals surface area contributed by atoms with Crippen LogP contribution >= 0.6 is 0 Å². The van der Waals surface area contributed by atoms with E-state index in [-0.39, 0.29) is 5.92 Å². The molecule has 0 aliphatic carbocycles. The third kappa shape index (κ3) is 3.46. The number of rotatable bonds is 5. The molecule has 6 heteroatoms. The summed E-state index contributed by atoms with van der Waals surface area (Å²) < 4.78 is 5.82. The van der Waals surface area contributed by atoms with Crippen molar-refractivity contribution in [1.82, 2.24) is 9.97 Å². The maximum atomic E-state index is 8.66. The fourth-order valence-electron chi connectivity index (χ4n) is 1.97. The van der Waals surface area contributed by atoms with Gasteiger partial charge in [0.05, 0.1) is 18.1 Å². The first-order chi connectivity index (χ1) is 10.2. The van der Waals surface area contributed by atoms with E-state index < -0.39 is 0 Å². The summed E-state index contributed by atoms with van der Waals surface area (Å²) in [7, 11) is 0. The van der Waals surface area contributed by atoms with Crippen molar-refractivity contribution in [2.45, 2.75) is 26.2 Å². The number of nitrogens with one attached hydrogen (secondary N) is 1. The quantitative estimate of drug-likeness (QED) is 0.647. The zero-order valence-electron chi connectivity index (χ0n) is 12.0. The summed E-state index contributed by atoms with van der Waals surface area (Å²) in [6.07, 6.45) is 1.78. The minimum Gasteiger partial charge on any atom is -0.439 e. The van der Waals surface area contributed by atoms with E-state index in [2.05, 4.69) is 21.5 Å². The molecular formula is C15H17N5O. The molecular weight excluding hydrogens is 266 g/mol. The molecule has 0 aliphatic rings. The highest BCUT2D eigenvalue weighted by Crippen LogP contribution is 2.32. The Balaban J connectivity index is 2.29. The summed E-state index contributed by atoms with van der Waals surface area (Å²) in [5.41, 5.74) is 4.33. The van der Waals surface area contributed by atoms with Crippen LogP contribution in [0.25, 0.3) is 0 Å². The van der Waals surface area contributed by atoms with Gasteiger partial charge in [-0.1, -0.05) is 26.0 Å². The van der Waals surface area contributed by atoms with E-state index in [4.69, 9.17) is 15.8 Å². The van der Waals surface area contributed by atoms with Crippen molar-refractivity contribution >= 4 is 5.82 Å². The SMILES string of the molecule is CC(C)c1c(NN)ncnc1Oc1ccc(CC#N)cc1. The lowest BCUT2D eigenvalue weighted by Crippen LogP contribution is -2.13. The molecule has 0 bridgehead atoms. The molecule has 0 fully saturated rings. The predicted octanol–water partition coefficient (Wildman–Crippen LogP) is 2.74. The molecule has 0 unspecified atom stereocenters. The van der Waals surface area contributed by atoms with Gasteiger partial charge in [-0.3, -0.25) is 0 Å². The van der Waals surface area contributed by atoms with Crippen LogP contribution in [0.5, 0.6) is 11.6 Å². The van der Waals surface area contributed by atoms with Gasteiger partial charge >= 0.3 is 0 Å². The summed E-state index contributed by atoms with van der Waals surface area (Å²) in [6, 6.07) is 9.45. The molecule has 108 valence electrons. The van der Waals surface area contributed by atoms with Gasteiger partial charge in [-0.2, -0.15) is 5.26 Å². The van der Waals surface area contributed by atoms with Crippen molar-refractivity contribution in [2.75, 3.05) is 5.43 Å². The van der Waals surface area contributed by atoms with Crippen LogP contribution in [0.2, 0.25) is 0 Å². The lowest BCUT2D eigenvalue weighted by molar-refractivity contribution is 0.451. The smallest absolute Gasteiger partial charge is 0.227 e. The fraction of sp³-hybridized carbons (Fsp3) is 0.267. The Labute approximate surface area is 123 Å². The molecule has 0 amide bonds. The summed E-state index contributed by atoms with van der Waals surface area (Å²) in [5, 5.41) is 8.66. The number of nitrogens with two attached hydrogens (primary N) is 1. The Morgan fingerprint density at radius 3 is 2.57 bits per heavy atom. The van der Waals surface area contributed by atoms with Crippen LogP contribution in [0.3, 0.4) is 0 Å². The van der Waals surface area contributed by atoms with Crippen molar-refractivity contribution in [3.63, 3.8) is 0 Å². The van der Waals surface area contributed by atoms with E-state index in [9.17, 15) is 0 Å². The van der Waals surface area contributed by atoms with E-state index in [1.165, 1.54) is 6.33 Å². The van der Waals surface area contributed by atoms with E-state index in [1.54, 1.807) is 0 Å². The third-order valence-corrected chi connectivity index (χ3v) is 2.98. The maximum Gasteiger partial charge on any atom is 0.227 e. The summed E-state index contributed by atoms with van der Waals surface area (Å²) in [6.45, 7) is 4.03. The minimum absolute atomic E-state index is 0.158. The average molecular weight is 283 g/mol. The van der Waals surface area contributed by atoms with Crippen LogP contribution in [-0.4, -0.2) is 9.97 Å². The van der Waals surface area contributed by atoms with Crippen LogP contribution in [0.15, 0.2) is 30.6 Å². The van der Waals surface area contributed by atoms with E-state index >= 15 is 0 Å². The fourth-order valence-corrected chi connectivity index (χ4v) is 1.97. The highest BCUT2D eigenvalue weighted by atomic mass is 16.5. The molecule has 0 saturated carbocycles. The number of nitrogen functional groups attached to an aromatic ring is 1. The summed E-state index contributed by atoms with van der Waals surface area (Å²) in [4.78, 5) is 8.28. The number of aromatic nitrogens is 2. The highest BCUT2D eigenvalue weighted by Gasteiger charge is 2.16. The predicted molar refractivity (Wildman–Crippen MR) is 79.8 cm³/mol. The Morgan fingerprint density at radius 1 is 1.29 bits per heavy atom. The Hall–Kier alpha value is -2.65. The minimum atomic E-state index is 0.158. The van der Waals surface area contributed by atoms with Gasteiger partial charge in [-0.25, -0.2) is 15.8 Å². The van der Waals surface area contributed by atoms with Crippen LogP contribution in [-0.2, 0) is 6.42 Å². The van der Waals surface area contributed by atoms with Crippen LogP contribution < -0.4 is 16.0 Å². The molecule has 2 aromatic rings. The second kappa shape index (κ2) is 6.68. The molecule has 0 spiro atoms. The molecule has 2 rings (SSSR count). The van der Waals surface area contributed by atoms with Crippen LogP contribution in [0.4, 0.5) is 5.82 Å². The lowest BCUT2D eigenvalue weighted by Gasteiger charge is -2.15. The van der Waals surface area contributed by atoms with Gasteiger partial charge in [0, 0.05) is 0 Å². The molecule has 0 saturated heterocycles.